The van der Waals surface area contributed by atoms with Crippen molar-refractivity contribution in [2.24, 2.45) is 0 Å². The zero-order chi connectivity index (χ0) is 31.1. The van der Waals surface area contributed by atoms with Crippen LogP contribution in [0.3, 0.4) is 0 Å². The maximum Gasteiger partial charge on any atom is 1.00 e. The van der Waals surface area contributed by atoms with Crippen LogP contribution in [0.15, 0.2) is 123 Å². The van der Waals surface area contributed by atoms with Gasteiger partial charge in [-0.3, -0.25) is 4.79 Å². The minimum absolute atomic E-state index is 0. The van der Waals surface area contributed by atoms with Gasteiger partial charge in [-0.1, -0.05) is 60.0 Å². The summed E-state index contributed by atoms with van der Waals surface area (Å²) in [4.78, 5) is 11.2. The van der Waals surface area contributed by atoms with Gasteiger partial charge in [-0.25, -0.2) is 0 Å². The smallest absolute Gasteiger partial charge is 1.00 e. The van der Waals surface area contributed by atoms with Gasteiger partial charge in [0.1, 0.15) is 54.3 Å². The number of aromatic hydroxyl groups is 3. The van der Waals surface area contributed by atoms with E-state index in [0.717, 1.165) is 22.6 Å². The maximum atomic E-state index is 8.91. The van der Waals surface area contributed by atoms with E-state index in [1.165, 1.54) is 24.3 Å². The predicted molar refractivity (Wildman–Crippen MR) is 174 cm³/mol. The summed E-state index contributed by atoms with van der Waals surface area (Å²) in [6.45, 7) is 15.4. The SMILES string of the molecule is Br.C=CCBr.C=CCOc1ccc(O)cc1.C=CCOc1ccc(OCC=C)cc1.O=CO[O-].Oc1ccc(O)cc1.[H-].[K+].[K+]. The van der Waals surface area contributed by atoms with Crippen LogP contribution in [0.4, 0.5) is 0 Å². The molecule has 44 heavy (non-hydrogen) atoms. The molecule has 0 radical (unpaired) electrons. The molecule has 0 amide bonds. The van der Waals surface area contributed by atoms with E-state index in [4.69, 9.17) is 39.6 Å². The average molecular weight is 793 g/mol. The summed E-state index contributed by atoms with van der Waals surface area (Å²) in [6, 6.07) is 19.7. The second-order valence-corrected chi connectivity index (χ2v) is 7.56. The van der Waals surface area contributed by atoms with Crippen LogP contribution in [-0.4, -0.2) is 46.9 Å². The number of phenols is 3. The molecular formula is C31H38Br2K2O9. The zero-order valence-electron chi connectivity index (χ0n) is 26.0. The molecule has 0 atom stereocenters. The molecular weight excluding hydrogens is 754 g/mol. The van der Waals surface area contributed by atoms with Gasteiger partial charge in [0.25, 0.3) is 6.47 Å². The Labute approximate surface area is 365 Å². The van der Waals surface area contributed by atoms with Gasteiger partial charge in [0.15, 0.2) is 0 Å². The summed E-state index contributed by atoms with van der Waals surface area (Å²) >= 11 is 3.13. The molecule has 0 saturated heterocycles. The monoisotopic (exact) mass is 790 g/mol. The van der Waals surface area contributed by atoms with Crippen molar-refractivity contribution in [1.29, 1.82) is 0 Å². The molecule has 232 valence electrons. The molecule has 3 aromatic rings. The largest absolute Gasteiger partial charge is 1.00 e. The second-order valence-electron chi connectivity index (χ2n) is 6.92. The molecule has 3 rings (SSSR count). The van der Waals surface area contributed by atoms with E-state index in [2.05, 4.69) is 47.1 Å². The van der Waals surface area contributed by atoms with Crippen molar-refractivity contribution in [2.45, 2.75) is 0 Å². The van der Waals surface area contributed by atoms with Crippen LogP contribution in [-0.2, 0) is 9.68 Å². The van der Waals surface area contributed by atoms with E-state index >= 15 is 0 Å². The minimum atomic E-state index is -0.181. The van der Waals surface area contributed by atoms with Crippen molar-refractivity contribution in [3.8, 4) is 34.5 Å². The average Bonchev–Trinajstić information content (AvgIpc) is 3.01. The quantitative estimate of drug-likeness (QED) is 0.0485. The van der Waals surface area contributed by atoms with Crippen LogP contribution in [0.2, 0.25) is 0 Å². The van der Waals surface area contributed by atoms with E-state index in [1.54, 1.807) is 48.6 Å². The zero-order valence-corrected chi connectivity index (χ0v) is 34.6. The normalized spacial score (nSPS) is 7.86. The molecule has 3 N–H and O–H groups in total. The Bertz CT molecular complexity index is 1030. The van der Waals surface area contributed by atoms with Crippen LogP contribution in [0.25, 0.3) is 0 Å². The fraction of sp³-hybridized carbons (Fsp3) is 0.129. The first-order valence-electron chi connectivity index (χ1n) is 11.8. The minimum Gasteiger partial charge on any atom is -1.00 e. The number of carbonyl (C=O) groups excluding carboxylic acids is 1. The summed E-state index contributed by atoms with van der Waals surface area (Å²) in [5.41, 5.74) is 0. The number of alkyl halides is 1. The van der Waals surface area contributed by atoms with Crippen LogP contribution in [0.5, 0.6) is 34.5 Å². The standard InChI is InChI=1S/C12H14O2.C9H10O2.C6H6O2.C3H5Br.CH2O3.BrH.2K.H/c1-3-9-13-11-5-7-12(8-6-11)14-10-4-2;1-2-7-11-9-5-3-8(10)4-6-9;7-5-1-2-6(8)4-3-5;1-2-3-4;2-1-4-3;;;;/h3-8H,1-2,9-10H2;2-6,10H,1,7H2;1-4,7-8H;2H,1,3H2;1,3H;1H;;;/q;;;;;;2*+1;-1/p-1. The molecule has 13 heteroatoms. The Balaban J connectivity index is -0.000000111. The summed E-state index contributed by atoms with van der Waals surface area (Å²) in [5.74, 6) is 2.95. The van der Waals surface area contributed by atoms with Crippen LogP contribution in [0.1, 0.15) is 1.43 Å². The Morgan fingerprint density at radius 2 is 0.818 bits per heavy atom. The van der Waals surface area contributed by atoms with Gasteiger partial charge in [0.2, 0.25) is 0 Å². The summed E-state index contributed by atoms with van der Waals surface area (Å²) in [6.07, 6.45) is 6.89. The molecule has 0 aliphatic rings. The third-order valence-corrected chi connectivity index (χ3v) is 4.22. The van der Waals surface area contributed by atoms with Crippen LogP contribution >= 0.6 is 32.9 Å². The summed E-state index contributed by atoms with van der Waals surface area (Å²) in [7, 11) is 0. The maximum absolute atomic E-state index is 8.91. The molecule has 0 heterocycles. The van der Waals surface area contributed by atoms with Gasteiger partial charge in [-0.2, -0.15) is 0 Å². The van der Waals surface area contributed by atoms with Crippen molar-refractivity contribution in [3.05, 3.63) is 123 Å². The number of hydrogen-bond acceptors (Lipinski definition) is 9. The summed E-state index contributed by atoms with van der Waals surface area (Å²) in [5, 5.41) is 35.5. The number of ether oxygens (including phenoxy) is 3. The Morgan fingerprint density at radius 3 is 1.00 bits per heavy atom. The van der Waals surface area contributed by atoms with Crippen LogP contribution in [0, 0.1) is 0 Å². The third-order valence-electron chi connectivity index (χ3n) is 3.76. The van der Waals surface area contributed by atoms with E-state index in [0.29, 0.717) is 19.8 Å². The molecule has 0 unspecified atom stereocenters. The van der Waals surface area contributed by atoms with Crippen molar-refractivity contribution in [1.82, 2.24) is 0 Å². The van der Waals surface area contributed by atoms with Crippen molar-refractivity contribution in [2.75, 3.05) is 25.2 Å². The first-order chi connectivity index (χ1) is 19.8. The van der Waals surface area contributed by atoms with Crippen molar-refractivity contribution < 1.29 is 149 Å². The number of phenolic OH excluding ortho intramolecular Hbond substituents is 3. The van der Waals surface area contributed by atoms with Gasteiger partial charge in [-0.15, -0.1) is 23.6 Å². The molecule has 0 aliphatic carbocycles. The predicted octanol–water partition coefficient (Wildman–Crippen LogP) is 0.571. The van der Waals surface area contributed by atoms with Gasteiger partial charge < -0.3 is 41.1 Å². The Morgan fingerprint density at radius 1 is 0.614 bits per heavy atom. The van der Waals surface area contributed by atoms with E-state index in [9.17, 15) is 0 Å². The van der Waals surface area contributed by atoms with Crippen molar-refractivity contribution in [3.63, 3.8) is 0 Å². The molecule has 9 nitrogen and oxygen atoms in total. The number of carbonyl (C=O) groups is 1. The van der Waals surface area contributed by atoms with Crippen molar-refractivity contribution >= 4 is 39.4 Å². The fourth-order valence-corrected chi connectivity index (χ4v) is 2.09. The van der Waals surface area contributed by atoms with E-state index < -0.39 is 0 Å². The van der Waals surface area contributed by atoms with Gasteiger partial charge in [0.05, 0.1) is 0 Å². The topological polar surface area (TPSA) is 138 Å². The molecule has 0 spiro atoms. The molecule has 0 aromatic heterocycles. The fourth-order valence-electron chi connectivity index (χ4n) is 2.09. The first kappa shape index (κ1) is 52.6. The van der Waals surface area contributed by atoms with E-state index in [1.807, 2.05) is 24.3 Å². The molecule has 0 fully saturated rings. The number of hydrogen-bond donors (Lipinski definition) is 3. The molecule has 3 aromatic carbocycles. The number of benzene rings is 3. The molecule has 0 aliphatic heterocycles. The van der Waals surface area contributed by atoms with Gasteiger partial charge >= 0.3 is 103 Å². The molecule has 0 bridgehead atoms. The molecule has 0 saturated carbocycles. The van der Waals surface area contributed by atoms with Gasteiger partial charge in [-0.05, 0) is 72.8 Å². The Hall–Kier alpha value is -0.917. The number of allylic oxidation sites excluding steroid dienone is 1. The number of halogens is 2. The first-order valence-corrected chi connectivity index (χ1v) is 12.9. The second kappa shape index (κ2) is 40.1. The van der Waals surface area contributed by atoms with Gasteiger partial charge in [0, 0.05) is 5.33 Å². The van der Waals surface area contributed by atoms with E-state index in [-0.39, 0.29) is 145 Å². The summed E-state index contributed by atoms with van der Waals surface area (Å²) < 4.78 is 15.8. The Kier molecular flexibility index (Phi) is 48.0. The van der Waals surface area contributed by atoms with Crippen LogP contribution < -0.4 is 122 Å². The third kappa shape index (κ3) is 35.6. The number of rotatable bonds is 11.